The minimum atomic E-state index is -1.04. The minimum Gasteiger partial charge on any atom is -0.494 e. The summed E-state index contributed by atoms with van der Waals surface area (Å²) in [6, 6.07) is 3.82. The van der Waals surface area contributed by atoms with Crippen LogP contribution < -0.4 is 10.1 Å². The lowest BCUT2D eigenvalue weighted by atomic mass is 9.87. The number of hydrogen-bond acceptors (Lipinski definition) is 3. The van der Waals surface area contributed by atoms with Gasteiger partial charge in [0.25, 0.3) is 5.91 Å². The number of nitrogens with one attached hydrogen (secondary N) is 1. The van der Waals surface area contributed by atoms with Crippen LogP contribution in [0.5, 0.6) is 5.75 Å². The van der Waals surface area contributed by atoms with Gasteiger partial charge < -0.3 is 15.2 Å². The molecule has 0 bridgehead atoms. The van der Waals surface area contributed by atoms with Crippen LogP contribution in [0.15, 0.2) is 18.2 Å². The Labute approximate surface area is 116 Å². The fourth-order valence-electron chi connectivity index (χ4n) is 1.54. The highest BCUT2D eigenvalue weighted by atomic mass is 19.1. The van der Waals surface area contributed by atoms with E-state index in [-0.39, 0.29) is 17.9 Å². The maximum Gasteiger partial charge on any atom is 0.311 e. The Morgan fingerprint density at radius 2 is 2.10 bits per heavy atom. The molecule has 110 valence electrons. The molecule has 1 atom stereocenters. The number of halogens is 1. The van der Waals surface area contributed by atoms with E-state index in [1.165, 1.54) is 19.2 Å². The quantitative estimate of drug-likeness (QED) is 0.838. The minimum absolute atomic E-state index is 0.0225. The largest absolute Gasteiger partial charge is 0.494 e. The first-order chi connectivity index (χ1) is 9.34. The molecule has 0 aliphatic rings. The number of amides is 1. The zero-order valence-corrected chi connectivity index (χ0v) is 11.7. The topological polar surface area (TPSA) is 75.6 Å². The Balaban J connectivity index is 2.77. The zero-order chi connectivity index (χ0) is 15.3. The Hall–Kier alpha value is -2.11. The first kappa shape index (κ1) is 15.9. The summed E-state index contributed by atoms with van der Waals surface area (Å²) in [6.45, 7) is 3.25. The molecule has 1 aromatic carbocycles. The average Bonchev–Trinajstić information content (AvgIpc) is 2.43. The third-order valence-electron chi connectivity index (χ3n) is 3.35. The van der Waals surface area contributed by atoms with Crippen molar-refractivity contribution in [3.63, 3.8) is 0 Å². The molecule has 1 unspecified atom stereocenters. The lowest BCUT2D eigenvalue weighted by molar-refractivity contribution is -0.147. The highest BCUT2D eigenvalue weighted by Crippen LogP contribution is 2.21. The van der Waals surface area contributed by atoms with E-state index in [0.29, 0.717) is 6.42 Å². The predicted octanol–water partition coefficient (Wildman–Crippen LogP) is 2.06. The van der Waals surface area contributed by atoms with Crippen LogP contribution in [0.3, 0.4) is 0 Å². The second kappa shape index (κ2) is 6.36. The van der Waals surface area contributed by atoms with Gasteiger partial charge in [-0.15, -0.1) is 0 Å². The Bertz CT molecular complexity index is 518. The number of rotatable bonds is 6. The molecule has 5 nitrogen and oxygen atoms in total. The molecule has 0 aliphatic carbocycles. The first-order valence-corrected chi connectivity index (χ1v) is 6.19. The highest BCUT2D eigenvalue weighted by Gasteiger charge is 2.31. The Kier molecular flexibility index (Phi) is 5.07. The third-order valence-corrected chi connectivity index (χ3v) is 3.35. The molecule has 0 aliphatic heterocycles. The number of ether oxygens (including phenoxy) is 1. The third kappa shape index (κ3) is 3.46. The van der Waals surface area contributed by atoms with Crippen LogP contribution in [0.1, 0.15) is 30.6 Å². The molecular weight excluding hydrogens is 265 g/mol. The van der Waals surface area contributed by atoms with Gasteiger partial charge in [-0.2, -0.15) is 0 Å². The molecule has 1 rings (SSSR count). The van der Waals surface area contributed by atoms with Gasteiger partial charge in [0, 0.05) is 12.1 Å². The van der Waals surface area contributed by atoms with Gasteiger partial charge in [-0.25, -0.2) is 4.39 Å². The van der Waals surface area contributed by atoms with E-state index < -0.39 is 23.1 Å². The van der Waals surface area contributed by atoms with E-state index in [9.17, 15) is 14.0 Å². The van der Waals surface area contributed by atoms with Crippen molar-refractivity contribution in [1.29, 1.82) is 0 Å². The van der Waals surface area contributed by atoms with Crippen LogP contribution in [0, 0.1) is 11.2 Å². The summed E-state index contributed by atoms with van der Waals surface area (Å²) in [5.74, 6) is -2.10. The maximum absolute atomic E-state index is 13.5. The molecule has 1 aromatic rings. The summed E-state index contributed by atoms with van der Waals surface area (Å²) < 4.78 is 18.2. The summed E-state index contributed by atoms with van der Waals surface area (Å²) in [5.41, 5.74) is -0.923. The van der Waals surface area contributed by atoms with Gasteiger partial charge >= 0.3 is 5.97 Å². The molecule has 1 amide bonds. The molecule has 6 heteroatoms. The predicted molar refractivity (Wildman–Crippen MR) is 71.3 cm³/mol. The maximum atomic E-state index is 13.5. The van der Waals surface area contributed by atoms with Gasteiger partial charge in [0.1, 0.15) is 0 Å². The number of carbonyl (C=O) groups excluding carboxylic acids is 1. The molecule has 0 saturated carbocycles. The smallest absolute Gasteiger partial charge is 0.311 e. The number of carboxylic acids is 1. The summed E-state index contributed by atoms with van der Waals surface area (Å²) in [7, 11) is 1.33. The van der Waals surface area contributed by atoms with Crippen molar-refractivity contribution < 1.29 is 23.8 Å². The van der Waals surface area contributed by atoms with Crippen molar-refractivity contribution in [2.75, 3.05) is 13.7 Å². The molecular formula is C14H18FNO4. The van der Waals surface area contributed by atoms with E-state index in [1.54, 1.807) is 13.8 Å². The van der Waals surface area contributed by atoms with Crippen LogP contribution >= 0.6 is 0 Å². The molecule has 0 saturated heterocycles. The fraction of sp³-hybridized carbons (Fsp3) is 0.429. The SMILES string of the molecule is CCC(C)(CNC(=O)c1ccc(OC)c(F)c1)C(=O)O. The normalized spacial score (nSPS) is 13.4. The second-order valence-corrected chi connectivity index (χ2v) is 4.75. The summed E-state index contributed by atoms with van der Waals surface area (Å²) >= 11 is 0. The average molecular weight is 283 g/mol. The van der Waals surface area contributed by atoms with Crippen molar-refractivity contribution in [3.05, 3.63) is 29.6 Å². The van der Waals surface area contributed by atoms with Crippen LogP contribution in [-0.4, -0.2) is 30.6 Å². The van der Waals surface area contributed by atoms with E-state index >= 15 is 0 Å². The van der Waals surface area contributed by atoms with Crippen molar-refractivity contribution in [2.24, 2.45) is 5.41 Å². The number of methoxy groups -OCH3 is 1. The van der Waals surface area contributed by atoms with Gasteiger partial charge in [-0.1, -0.05) is 6.92 Å². The van der Waals surface area contributed by atoms with Crippen LogP contribution in [0.4, 0.5) is 4.39 Å². The van der Waals surface area contributed by atoms with E-state index in [0.717, 1.165) is 6.07 Å². The van der Waals surface area contributed by atoms with Crippen molar-refractivity contribution in [2.45, 2.75) is 20.3 Å². The molecule has 0 aromatic heterocycles. The first-order valence-electron chi connectivity index (χ1n) is 6.19. The molecule has 0 radical (unpaired) electrons. The van der Waals surface area contributed by atoms with Crippen LogP contribution in [0.2, 0.25) is 0 Å². The highest BCUT2D eigenvalue weighted by molar-refractivity contribution is 5.94. The van der Waals surface area contributed by atoms with Gasteiger partial charge in [0.05, 0.1) is 12.5 Å². The van der Waals surface area contributed by atoms with Crippen molar-refractivity contribution in [1.82, 2.24) is 5.32 Å². The van der Waals surface area contributed by atoms with Gasteiger partial charge in [0.2, 0.25) is 0 Å². The van der Waals surface area contributed by atoms with Gasteiger partial charge in [-0.05, 0) is 31.5 Å². The molecule has 0 spiro atoms. The number of carboxylic acid groups (broad SMARTS) is 1. The number of benzene rings is 1. The standard InChI is InChI=1S/C14H18FNO4/c1-4-14(2,13(18)19)8-16-12(17)9-5-6-11(20-3)10(15)7-9/h5-7H,4,8H2,1-3H3,(H,16,17)(H,18,19). The van der Waals surface area contributed by atoms with Crippen LogP contribution in [0.25, 0.3) is 0 Å². The van der Waals surface area contributed by atoms with E-state index in [2.05, 4.69) is 5.32 Å². The van der Waals surface area contributed by atoms with Crippen molar-refractivity contribution >= 4 is 11.9 Å². The van der Waals surface area contributed by atoms with Gasteiger partial charge in [-0.3, -0.25) is 9.59 Å². The lowest BCUT2D eigenvalue weighted by Crippen LogP contribution is -2.40. The monoisotopic (exact) mass is 283 g/mol. The summed E-state index contributed by atoms with van der Waals surface area (Å²) in [5, 5.41) is 11.6. The number of carbonyl (C=O) groups is 2. The van der Waals surface area contributed by atoms with Gasteiger partial charge in [0.15, 0.2) is 11.6 Å². The fourth-order valence-corrected chi connectivity index (χ4v) is 1.54. The summed E-state index contributed by atoms with van der Waals surface area (Å²) in [4.78, 5) is 23.0. The molecule has 2 N–H and O–H groups in total. The number of hydrogen-bond donors (Lipinski definition) is 2. The Morgan fingerprint density at radius 3 is 2.55 bits per heavy atom. The second-order valence-electron chi connectivity index (χ2n) is 4.75. The summed E-state index contributed by atoms with van der Waals surface area (Å²) in [6.07, 6.45) is 0.375. The van der Waals surface area contributed by atoms with Crippen molar-refractivity contribution in [3.8, 4) is 5.75 Å². The Morgan fingerprint density at radius 1 is 1.45 bits per heavy atom. The molecule has 20 heavy (non-hydrogen) atoms. The number of aliphatic carboxylic acids is 1. The zero-order valence-electron chi connectivity index (χ0n) is 11.7. The molecule has 0 fully saturated rings. The van der Waals surface area contributed by atoms with Crippen LogP contribution in [-0.2, 0) is 4.79 Å². The lowest BCUT2D eigenvalue weighted by Gasteiger charge is -2.23. The van der Waals surface area contributed by atoms with E-state index in [4.69, 9.17) is 9.84 Å². The van der Waals surface area contributed by atoms with E-state index in [1.807, 2.05) is 0 Å². The molecule has 0 heterocycles.